The third-order valence-corrected chi connectivity index (χ3v) is 5.91. The van der Waals surface area contributed by atoms with E-state index in [0.29, 0.717) is 31.0 Å². The molecule has 126 valence electrons. The van der Waals surface area contributed by atoms with Gasteiger partial charge in [0.25, 0.3) is 0 Å². The van der Waals surface area contributed by atoms with Crippen LogP contribution in [0.2, 0.25) is 0 Å². The summed E-state index contributed by atoms with van der Waals surface area (Å²) in [6.45, 7) is 1.05. The minimum Gasteiger partial charge on any atom is -0.454 e. The van der Waals surface area contributed by atoms with Gasteiger partial charge in [-0.05, 0) is 30.0 Å². The molecule has 3 rings (SSSR count). The Balaban J connectivity index is 1.50. The highest BCUT2D eigenvalue weighted by molar-refractivity contribution is 7.91. The van der Waals surface area contributed by atoms with Crippen LogP contribution in [0.5, 0.6) is 11.5 Å². The van der Waals surface area contributed by atoms with Crippen molar-refractivity contribution in [2.24, 2.45) is 5.92 Å². The van der Waals surface area contributed by atoms with Gasteiger partial charge in [0.15, 0.2) is 21.3 Å². The van der Waals surface area contributed by atoms with Crippen LogP contribution in [0.15, 0.2) is 18.2 Å². The SMILES string of the molecule is CN(Cc1ccc2c(c1)OCO2)C(=O)NCC1CCS(=O)(=O)C1. The number of ether oxygens (including phenoxy) is 2. The fourth-order valence-electron chi connectivity index (χ4n) is 2.78. The molecule has 0 aromatic heterocycles. The highest BCUT2D eigenvalue weighted by Crippen LogP contribution is 2.32. The lowest BCUT2D eigenvalue weighted by Gasteiger charge is -2.19. The van der Waals surface area contributed by atoms with Crippen LogP contribution in [0.25, 0.3) is 0 Å². The van der Waals surface area contributed by atoms with Crippen LogP contribution in [0.3, 0.4) is 0 Å². The molecular formula is C15H20N2O5S. The average molecular weight is 340 g/mol. The largest absolute Gasteiger partial charge is 0.454 e. The number of fused-ring (bicyclic) bond motifs is 1. The molecule has 1 fully saturated rings. The van der Waals surface area contributed by atoms with Crippen LogP contribution in [-0.2, 0) is 16.4 Å². The Hall–Kier alpha value is -1.96. The van der Waals surface area contributed by atoms with Crippen molar-refractivity contribution in [1.29, 1.82) is 0 Å². The first-order valence-corrected chi connectivity index (χ1v) is 9.33. The van der Waals surface area contributed by atoms with E-state index in [9.17, 15) is 13.2 Å². The summed E-state index contributed by atoms with van der Waals surface area (Å²) in [4.78, 5) is 13.7. The monoisotopic (exact) mass is 340 g/mol. The van der Waals surface area contributed by atoms with Gasteiger partial charge >= 0.3 is 6.03 Å². The quantitative estimate of drug-likeness (QED) is 0.883. The summed E-state index contributed by atoms with van der Waals surface area (Å²) < 4.78 is 33.4. The highest BCUT2D eigenvalue weighted by Gasteiger charge is 2.28. The van der Waals surface area contributed by atoms with Crippen LogP contribution >= 0.6 is 0 Å². The zero-order chi connectivity index (χ0) is 16.4. The van der Waals surface area contributed by atoms with Gasteiger partial charge in [0.1, 0.15) is 0 Å². The lowest BCUT2D eigenvalue weighted by atomic mass is 10.1. The predicted molar refractivity (Wildman–Crippen MR) is 84.2 cm³/mol. The molecule has 1 N–H and O–H groups in total. The van der Waals surface area contributed by atoms with Crippen molar-refractivity contribution in [3.05, 3.63) is 23.8 Å². The van der Waals surface area contributed by atoms with Crippen molar-refractivity contribution in [1.82, 2.24) is 10.2 Å². The molecule has 0 radical (unpaired) electrons. The Morgan fingerprint density at radius 2 is 2.13 bits per heavy atom. The van der Waals surface area contributed by atoms with Crippen molar-refractivity contribution in [2.45, 2.75) is 13.0 Å². The predicted octanol–water partition coefficient (Wildman–Crippen LogP) is 0.991. The molecule has 2 heterocycles. The van der Waals surface area contributed by atoms with Crippen molar-refractivity contribution in [3.63, 3.8) is 0 Å². The summed E-state index contributed by atoms with van der Waals surface area (Å²) in [6.07, 6.45) is 0.620. The lowest BCUT2D eigenvalue weighted by molar-refractivity contribution is 0.174. The number of carbonyl (C=O) groups is 1. The Morgan fingerprint density at radius 3 is 2.87 bits per heavy atom. The minimum atomic E-state index is -2.91. The standard InChI is InChI=1S/C15H20N2O5S/c1-17(8-11-2-3-13-14(6-11)22-10-21-13)15(18)16-7-12-4-5-23(19,20)9-12/h2-3,6,12H,4-5,7-10H2,1H3,(H,16,18). The molecule has 0 spiro atoms. The molecule has 0 aliphatic carbocycles. The van der Waals surface area contributed by atoms with Crippen molar-refractivity contribution in [3.8, 4) is 11.5 Å². The van der Waals surface area contributed by atoms with E-state index in [2.05, 4.69) is 5.32 Å². The topological polar surface area (TPSA) is 84.9 Å². The van der Waals surface area contributed by atoms with Crippen LogP contribution in [0.1, 0.15) is 12.0 Å². The number of amides is 2. The second kappa shape index (κ2) is 6.27. The molecule has 8 heteroatoms. The van der Waals surface area contributed by atoms with Gasteiger partial charge in [-0.3, -0.25) is 0 Å². The molecule has 23 heavy (non-hydrogen) atoms. The number of urea groups is 1. The zero-order valence-electron chi connectivity index (χ0n) is 12.9. The van der Waals surface area contributed by atoms with E-state index in [4.69, 9.17) is 9.47 Å². The summed E-state index contributed by atoms with van der Waals surface area (Å²) in [5.74, 6) is 1.80. The Morgan fingerprint density at radius 1 is 1.35 bits per heavy atom. The van der Waals surface area contributed by atoms with E-state index in [1.54, 1.807) is 11.9 Å². The fourth-order valence-corrected chi connectivity index (χ4v) is 4.65. The van der Waals surface area contributed by atoms with Gasteiger partial charge in [-0.25, -0.2) is 13.2 Å². The molecule has 1 unspecified atom stereocenters. The van der Waals surface area contributed by atoms with E-state index < -0.39 is 9.84 Å². The molecule has 1 atom stereocenters. The molecule has 2 amide bonds. The normalized spacial score (nSPS) is 21.2. The van der Waals surface area contributed by atoms with Gasteiger partial charge in [0.05, 0.1) is 11.5 Å². The van der Waals surface area contributed by atoms with Gasteiger partial charge in [-0.1, -0.05) is 6.07 Å². The van der Waals surface area contributed by atoms with Crippen LogP contribution in [0, 0.1) is 5.92 Å². The van der Waals surface area contributed by atoms with Gasteiger partial charge in [-0.15, -0.1) is 0 Å². The molecule has 2 aliphatic rings. The summed E-state index contributed by atoms with van der Waals surface area (Å²) in [5, 5.41) is 2.80. The second-order valence-electron chi connectivity index (χ2n) is 6.00. The number of carbonyl (C=O) groups excluding carboxylic acids is 1. The van der Waals surface area contributed by atoms with E-state index >= 15 is 0 Å². The van der Waals surface area contributed by atoms with Crippen LogP contribution < -0.4 is 14.8 Å². The molecule has 1 saturated heterocycles. The maximum absolute atomic E-state index is 12.1. The summed E-state index contributed by atoms with van der Waals surface area (Å²) >= 11 is 0. The highest BCUT2D eigenvalue weighted by atomic mass is 32.2. The third-order valence-electron chi connectivity index (χ3n) is 4.07. The molecule has 0 saturated carbocycles. The first kappa shape index (κ1) is 15.9. The van der Waals surface area contributed by atoms with E-state index in [0.717, 1.165) is 5.56 Å². The maximum Gasteiger partial charge on any atom is 0.317 e. The van der Waals surface area contributed by atoms with Gasteiger partial charge in [0.2, 0.25) is 6.79 Å². The average Bonchev–Trinajstić information content (AvgIpc) is 3.10. The summed E-state index contributed by atoms with van der Waals surface area (Å²) in [5.41, 5.74) is 0.940. The number of rotatable bonds is 4. The summed E-state index contributed by atoms with van der Waals surface area (Å²) in [7, 11) is -1.21. The smallest absolute Gasteiger partial charge is 0.317 e. The van der Waals surface area contributed by atoms with Gasteiger partial charge < -0.3 is 19.7 Å². The van der Waals surface area contributed by atoms with Crippen LogP contribution in [0.4, 0.5) is 4.79 Å². The maximum atomic E-state index is 12.1. The molecule has 2 aliphatic heterocycles. The first-order chi connectivity index (χ1) is 10.9. The first-order valence-electron chi connectivity index (χ1n) is 7.51. The number of nitrogens with zero attached hydrogens (tertiary/aromatic N) is 1. The Bertz CT molecular complexity index is 704. The van der Waals surface area contributed by atoms with Crippen LogP contribution in [-0.4, -0.2) is 51.2 Å². The van der Waals surface area contributed by atoms with Crippen molar-refractivity contribution < 1.29 is 22.7 Å². The molecule has 1 aromatic carbocycles. The minimum absolute atomic E-state index is 0.0166. The van der Waals surface area contributed by atoms with E-state index in [1.807, 2.05) is 18.2 Å². The second-order valence-corrected chi connectivity index (χ2v) is 8.23. The molecule has 1 aromatic rings. The number of nitrogens with one attached hydrogen (secondary N) is 1. The van der Waals surface area contributed by atoms with E-state index in [1.165, 1.54) is 0 Å². The third kappa shape index (κ3) is 3.87. The van der Waals surface area contributed by atoms with Gasteiger partial charge in [0, 0.05) is 20.1 Å². The van der Waals surface area contributed by atoms with Crippen molar-refractivity contribution in [2.75, 3.05) is 31.9 Å². The number of hydrogen-bond acceptors (Lipinski definition) is 5. The Kier molecular flexibility index (Phi) is 4.34. The molecular weight excluding hydrogens is 320 g/mol. The Labute approximate surface area is 135 Å². The van der Waals surface area contributed by atoms with E-state index in [-0.39, 0.29) is 30.2 Å². The number of sulfone groups is 1. The van der Waals surface area contributed by atoms with Gasteiger partial charge in [-0.2, -0.15) is 0 Å². The fraction of sp³-hybridized carbons (Fsp3) is 0.533. The zero-order valence-corrected chi connectivity index (χ0v) is 13.8. The molecule has 0 bridgehead atoms. The summed E-state index contributed by atoms with van der Waals surface area (Å²) in [6, 6.07) is 5.36. The number of hydrogen-bond donors (Lipinski definition) is 1. The number of benzene rings is 1. The molecule has 7 nitrogen and oxygen atoms in total. The van der Waals surface area contributed by atoms with Crippen molar-refractivity contribution >= 4 is 15.9 Å². The lowest BCUT2D eigenvalue weighted by Crippen LogP contribution is -2.39.